The molecule has 1 aromatic heterocycles. The molecule has 0 aliphatic carbocycles. The van der Waals surface area contributed by atoms with E-state index in [0.29, 0.717) is 6.54 Å². The Morgan fingerprint density at radius 2 is 1.95 bits per heavy atom. The largest absolute Gasteiger partial charge is 0.333 e. The Morgan fingerprint density at radius 1 is 1.14 bits per heavy atom. The lowest BCUT2D eigenvalue weighted by Gasteiger charge is -2.09. The minimum absolute atomic E-state index is 0.198. The number of thiophene rings is 1. The van der Waals surface area contributed by atoms with Gasteiger partial charge in [0, 0.05) is 20.1 Å². The molecule has 0 fully saturated rings. The Kier molecular flexibility index (Phi) is 4.22. The number of carbonyl (C=O) groups excluding carboxylic acids is 1. The number of carbonyl (C=O) groups is 1. The minimum Gasteiger partial charge on any atom is -0.333 e. The SMILES string of the molecule is O=C(NCc1cc(Br)cs1)Nc1cccc2ccccc12. The van der Waals surface area contributed by atoms with Gasteiger partial charge in [-0.15, -0.1) is 11.3 Å². The summed E-state index contributed by atoms with van der Waals surface area (Å²) in [5.74, 6) is 0. The lowest BCUT2D eigenvalue weighted by atomic mass is 10.1. The molecule has 2 N–H and O–H groups in total. The van der Waals surface area contributed by atoms with E-state index in [2.05, 4.69) is 26.6 Å². The van der Waals surface area contributed by atoms with Crippen molar-refractivity contribution in [2.24, 2.45) is 0 Å². The number of benzene rings is 2. The summed E-state index contributed by atoms with van der Waals surface area (Å²) in [4.78, 5) is 13.1. The van der Waals surface area contributed by atoms with Gasteiger partial charge in [-0.25, -0.2) is 4.79 Å². The average Bonchev–Trinajstić information content (AvgIpc) is 2.91. The molecule has 5 heteroatoms. The molecule has 0 spiro atoms. The molecule has 1 heterocycles. The van der Waals surface area contributed by atoms with Crippen molar-refractivity contribution in [3.8, 4) is 0 Å². The van der Waals surface area contributed by atoms with Crippen LogP contribution in [0.3, 0.4) is 0 Å². The molecule has 3 rings (SSSR count). The summed E-state index contributed by atoms with van der Waals surface area (Å²) >= 11 is 5.01. The zero-order valence-corrected chi connectivity index (χ0v) is 13.5. The summed E-state index contributed by atoms with van der Waals surface area (Å²) in [6, 6.07) is 15.7. The molecular weight excluding hydrogens is 348 g/mol. The third-order valence-electron chi connectivity index (χ3n) is 3.08. The number of urea groups is 1. The maximum absolute atomic E-state index is 12.0. The molecule has 0 bridgehead atoms. The molecule has 0 saturated carbocycles. The molecular formula is C16H13BrN2OS. The second-order valence-electron chi connectivity index (χ2n) is 4.57. The Bertz CT molecular complexity index is 779. The number of hydrogen-bond donors (Lipinski definition) is 2. The molecule has 0 aliphatic rings. The average molecular weight is 361 g/mol. The van der Waals surface area contributed by atoms with Crippen LogP contribution in [0.15, 0.2) is 58.4 Å². The lowest BCUT2D eigenvalue weighted by Crippen LogP contribution is -2.27. The van der Waals surface area contributed by atoms with Gasteiger partial charge in [0.15, 0.2) is 0 Å². The topological polar surface area (TPSA) is 41.1 Å². The van der Waals surface area contributed by atoms with E-state index in [4.69, 9.17) is 0 Å². The van der Waals surface area contributed by atoms with Crippen molar-refractivity contribution in [3.63, 3.8) is 0 Å². The van der Waals surface area contributed by atoms with E-state index >= 15 is 0 Å². The predicted molar refractivity (Wildman–Crippen MR) is 91.8 cm³/mol. The maximum atomic E-state index is 12.0. The highest BCUT2D eigenvalue weighted by atomic mass is 79.9. The molecule has 3 nitrogen and oxygen atoms in total. The van der Waals surface area contributed by atoms with Gasteiger partial charge in [0.1, 0.15) is 0 Å². The summed E-state index contributed by atoms with van der Waals surface area (Å²) in [5, 5.41) is 9.91. The second kappa shape index (κ2) is 6.28. The highest BCUT2D eigenvalue weighted by Crippen LogP contribution is 2.23. The van der Waals surface area contributed by atoms with Gasteiger partial charge in [0.2, 0.25) is 0 Å². The summed E-state index contributed by atoms with van der Waals surface area (Å²) in [5.41, 5.74) is 0.818. The molecule has 0 radical (unpaired) electrons. The van der Waals surface area contributed by atoms with Crippen molar-refractivity contribution in [3.05, 3.63) is 63.3 Å². The van der Waals surface area contributed by atoms with Crippen LogP contribution in [-0.2, 0) is 6.54 Å². The van der Waals surface area contributed by atoms with Crippen molar-refractivity contribution in [1.29, 1.82) is 0 Å². The second-order valence-corrected chi connectivity index (χ2v) is 6.48. The first-order chi connectivity index (χ1) is 10.2. The van der Waals surface area contributed by atoms with Crippen LogP contribution >= 0.6 is 27.3 Å². The number of nitrogens with one attached hydrogen (secondary N) is 2. The highest BCUT2D eigenvalue weighted by Gasteiger charge is 2.05. The molecule has 0 aliphatic heterocycles. The summed E-state index contributed by atoms with van der Waals surface area (Å²) in [6.07, 6.45) is 0. The van der Waals surface area contributed by atoms with Crippen molar-refractivity contribution in [2.75, 3.05) is 5.32 Å². The van der Waals surface area contributed by atoms with Gasteiger partial charge in [-0.05, 0) is 33.4 Å². The van der Waals surface area contributed by atoms with E-state index in [9.17, 15) is 4.79 Å². The van der Waals surface area contributed by atoms with E-state index in [0.717, 1.165) is 25.8 Å². The van der Waals surface area contributed by atoms with Crippen LogP contribution in [0.1, 0.15) is 4.88 Å². The van der Waals surface area contributed by atoms with Gasteiger partial charge < -0.3 is 10.6 Å². The number of fused-ring (bicyclic) bond motifs is 1. The van der Waals surface area contributed by atoms with Crippen LogP contribution in [0, 0.1) is 0 Å². The van der Waals surface area contributed by atoms with Crippen LogP contribution in [0.4, 0.5) is 10.5 Å². The van der Waals surface area contributed by atoms with Gasteiger partial charge >= 0.3 is 6.03 Å². The van der Waals surface area contributed by atoms with Crippen LogP contribution in [0.2, 0.25) is 0 Å². The Morgan fingerprint density at radius 3 is 2.76 bits per heavy atom. The van der Waals surface area contributed by atoms with Crippen molar-refractivity contribution in [1.82, 2.24) is 5.32 Å². The quantitative estimate of drug-likeness (QED) is 0.678. The van der Waals surface area contributed by atoms with E-state index in [1.807, 2.05) is 53.9 Å². The molecule has 3 aromatic rings. The smallest absolute Gasteiger partial charge is 0.319 e. The van der Waals surface area contributed by atoms with Crippen molar-refractivity contribution >= 4 is 49.8 Å². The Hall–Kier alpha value is -1.85. The minimum atomic E-state index is -0.198. The fraction of sp³-hybridized carbons (Fsp3) is 0.0625. The molecule has 0 saturated heterocycles. The van der Waals surface area contributed by atoms with Gasteiger partial charge in [-0.1, -0.05) is 36.4 Å². The summed E-state index contributed by atoms with van der Waals surface area (Å²) in [6.45, 7) is 0.521. The third-order valence-corrected chi connectivity index (χ3v) is 4.78. The molecule has 2 amide bonds. The zero-order chi connectivity index (χ0) is 14.7. The number of amides is 2. The molecule has 2 aromatic carbocycles. The Balaban J connectivity index is 1.69. The van der Waals surface area contributed by atoms with Gasteiger partial charge in [0.25, 0.3) is 0 Å². The van der Waals surface area contributed by atoms with Crippen LogP contribution < -0.4 is 10.6 Å². The van der Waals surface area contributed by atoms with Crippen molar-refractivity contribution in [2.45, 2.75) is 6.54 Å². The fourth-order valence-corrected chi connectivity index (χ4v) is 3.51. The predicted octanol–water partition coefficient (Wildman–Crippen LogP) is 4.99. The molecule has 21 heavy (non-hydrogen) atoms. The third kappa shape index (κ3) is 3.43. The van der Waals surface area contributed by atoms with Gasteiger partial charge in [-0.3, -0.25) is 0 Å². The van der Waals surface area contributed by atoms with Gasteiger partial charge in [-0.2, -0.15) is 0 Å². The van der Waals surface area contributed by atoms with E-state index in [1.165, 1.54) is 0 Å². The van der Waals surface area contributed by atoms with E-state index < -0.39 is 0 Å². The highest BCUT2D eigenvalue weighted by molar-refractivity contribution is 9.10. The first kappa shape index (κ1) is 14.1. The zero-order valence-electron chi connectivity index (χ0n) is 11.1. The standard InChI is InChI=1S/C16H13BrN2OS/c17-12-8-13(21-10-12)9-18-16(20)19-15-7-3-5-11-4-1-2-6-14(11)15/h1-8,10H,9H2,(H2,18,19,20). The van der Waals surface area contributed by atoms with Crippen LogP contribution in [0.25, 0.3) is 10.8 Å². The van der Waals surface area contributed by atoms with Crippen LogP contribution in [0.5, 0.6) is 0 Å². The fourth-order valence-electron chi connectivity index (χ4n) is 2.11. The normalized spacial score (nSPS) is 10.5. The lowest BCUT2D eigenvalue weighted by molar-refractivity contribution is 0.252. The van der Waals surface area contributed by atoms with E-state index in [1.54, 1.807) is 11.3 Å². The van der Waals surface area contributed by atoms with Crippen LogP contribution in [-0.4, -0.2) is 6.03 Å². The number of rotatable bonds is 3. The summed E-state index contributed by atoms with van der Waals surface area (Å²) in [7, 11) is 0. The monoisotopic (exact) mass is 360 g/mol. The number of hydrogen-bond acceptors (Lipinski definition) is 2. The first-order valence-corrected chi connectivity index (χ1v) is 8.15. The van der Waals surface area contributed by atoms with E-state index in [-0.39, 0.29) is 6.03 Å². The molecule has 0 atom stereocenters. The van der Waals surface area contributed by atoms with Gasteiger partial charge in [0.05, 0.1) is 12.2 Å². The Labute approximate surface area is 135 Å². The first-order valence-electron chi connectivity index (χ1n) is 6.48. The van der Waals surface area contributed by atoms with Crippen molar-refractivity contribution < 1.29 is 4.79 Å². The molecule has 106 valence electrons. The number of anilines is 1. The maximum Gasteiger partial charge on any atom is 0.319 e. The summed E-state index contributed by atoms with van der Waals surface area (Å²) < 4.78 is 1.04. The number of halogens is 1. The molecule has 0 unspecified atom stereocenters.